The summed E-state index contributed by atoms with van der Waals surface area (Å²) in [5, 5.41) is 3.43. The molecule has 0 fully saturated rings. The molecule has 8 heteroatoms. The molecule has 0 aliphatic heterocycles. The number of amides is 1. The van der Waals surface area contributed by atoms with Crippen LogP contribution >= 0.6 is 11.6 Å². The van der Waals surface area contributed by atoms with Crippen molar-refractivity contribution in [3.05, 3.63) is 117 Å². The summed E-state index contributed by atoms with van der Waals surface area (Å²) in [5.74, 6) is 1.46. The average molecular weight is 476 g/mol. The molecule has 4 aromatic rings. The van der Waals surface area contributed by atoms with Crippen LogP contribution in [0.4, 0.5) is 0 Å². The molecule has 0 aliphatic rings. The van der Waals surface area contributed by atoms with Gasteiger partial charge < -0.3 is 19.4 Å². The smallest absolute Gasteiger partial charge is 0.253 e. The van der Waals surface area contributed by atoms with Crippen molar-refractivity contribution in [3.8, 4) is 17.4 Å². The second kappa shape index (κ2) is 10.7. The van der Waals surface area contributed by atoms with Gasteiger partial charge in [-0.3, -0.25) is 9.59 Å². The zero-order valence-corrected chi connectivity index (χ0v) is 19.2. The minimum atomic E-state index is -0.303. The number of halogens is 1. The molecule has 2 heterocycles. The number of carbonyl (C=O) groups excluding carboxylic acids is 1. The Bertz CT molecular complexity index is 1350. The van der Waals surface area contributed by atoms with Crippen LogP contribution in [-0.2, 0) is 13.1 Å². The SMILES string of the molecule is COc1ccc(Oc2cc(CNC(=O)c3ccc(=O)n(Cc4ccccc4Cl)c3)ccn2)cc1. The van der Waals surface area contributed by atoms with Crippen LogP contribution in [0.1, 0.15) is 21.5 Å². The van der Waals surface area contributed by atoms with Gasteiger partial charge in [0.05, 0.1) is 19.2 Å². The molecular weight excluding hydrogens is 454 g/mol. The molecule has 0 unspecified atom stereocenters. The molecule has 4 rings (SSSR count). The average Bonchev–Trinajstić information content (AvgIpc) is 2.86. The van der Waals surface area contributed by atoms with Crippen molar-refractivity contribution >= 4 is 17.5 Å². The van der Waals surface area contributed by atoms with Crippen molar-refractivity contribution in [2.75, 3.05) is 7.11 Å². The number of aromatic nitrogens is 2. The van der Waals surface area contributed by atoms with Crippen LogP contribution in [0, 0.1) is 0 Å². The fourth-order valence-corrected chi connectivity index (χ4v) is 3.46. The Morgan fingerprint density at radius 1 is 1.03 bits per heavy atom. The topological polar surface area (TPSA) is 82.5 Å². The van der Waals surface area contributed by atoms with E-state index in [-0.39, 0.29) is 24.6 Å². The van der Waals surface area contributed by atoms with Crippen LogP contribution in [0.5, 0.6) is 17.4 Å². The van der Waals surface area contributed by atoms with E-state index in [2.05, 4.69) is 10.3 Å². The van der Waals surface area contributed by atoms with Crippen molar-refractivity contribution in [1.82, 2.24) is 14.9 Å². The van der Waals surface area contributed by atoms with E-state index in [9.17, 15) is 9.59 Å². The number of carbonyl (C=O) groups is 1. The molecule has 0 spiro atoms. The third-order valence-electron chi connectivity index (χ3n) is 5.08. The first-order chi connectivity index (χ1) is 16.5. The largest absolute Gasteiger partial charge is 0.497 e. The summed E-state index contributed by atoms with van der Waals surface area (Å²) in [5.41, 5.74) is 1.77. The number of methoxy groups -OCH3 is 1. The van der Waals surface area contributed by atoms with E-state index < -0.39 is 0 Å². The van der Waals surface area contributed by atoms with Gasteiger partial charge in [-0.2, -0.15) is 0 Å². The summed E-state index contributed by atoms with van der Waals surface area (Å²) in [6, 6.07) is 20.9. The number of hydrogen-bond acceptors (Lipinski definition) is 5. The molecule has 2 aromatic heterocycles. The normalized spacial score (nSPS) is 10.5. The lowest BCUT2D eigenvalue weighted by atomic mass is 10.2. The number of rotatable bonds is 8. The van der Waals surface area contributed by atoms with Gasteiger partial charge in [-0.25, -0.2) is 4.98 Å². The number of hydrogen-bond donors (Lipinski definition) is 1. The van der Waals surface area contributed by atoms with E-state index in [0.717, 1.165) is 16.9 Å². The molecule has 172 valence electrons. The standard InChI is InChI=1S/C26H22ClN3O4/c1-33-21-7-9-22(10-8-21)34-24-14-18(12-13-28-24)15-29-26(32)20-6-11-25(31)30(17-20)16-19-4-2-3-5-23(19)27/h2-14,17H,15-16H2,1H3,(H,29,32). The molecule has 0 atom stereocenters. The van der Waals surface area contributed by atoms with Crippen LogP contribution in [-0.4, -0.2) is 22.6 Å². The maximum atomic E-state index is 12.7. The van der Waals surface area contributed by atoms with E-state index in [1.54, 1.807) is 55.8 Å². The number of pyridine rings is 2. The number of nitrogens with one attached hydrogen (secondary N) is 1. The van der Waals surface area contributed by atoms with Crippen molar-refractivity contribution in [3.63, 3.8) is 0 Å². The van der Waals surface area contributed by atoms with E-state index in [4.69, 9.17) is 21.1 Å². The Labute approximate surface area is 201 Å². The molecule has 7 nitrogen and oxygen atoms in total. The minimum Gasteiger partial charge on any atom is -0.497 e. The monoisotopic (exact) mass is 475 g/mol. The summed E-state index contributed by atoms with van der Waals surface area (Å²) >= 11 is 6.21. The third-order valence-corrected chi connectivity index (χ3v) is 5.45. The second-order valence-electron chi connectivity index (χ2n) is 7.44. The van der Waals surface area contributed by atoms with Gasteiger partial charge in [0, 0.05) is 36.1 Å². The zero-order valence-electron chi connectivity index (χ0n) is 18.4. The van der Waals surface area contributed by atoms with Gasteiger partial charge >= 0.3 is 0 Å². The van der Waals surface area contributed by atoms with Crippen LogP contribution in [0.15, 0.2) is 90.0 Å². The highest BCUT2D eigenvalue weighted by Crippen LogP contribution is 2.23. The summed E-state index contributed by atoms with van der Waals surface area (Å²) in [4.78, 5) is 29.2. The summed E-state index contributed by atoms with van der Waals surface area (Å²) < 4.78 is 12.4. The molecular formula is C26H22ClN3O4. The van der Waals surface area contributed by atoms with E-state index >= 15 is 0 Å². The maximum Gasteiger partial charge on any atom is 0.253 e. The van der Waals surface area contributed by atoms with Crippen LogP contribution in [0.25, 0.3) is 0 Å². The minimum absolute atomic E-state index is 0.217. The molecule has 0 radical (unpaired) electrons. The van der Waals surface area contributed by atoms with Gasteiger partial charge in [0.1, 0.15) is 11.5 Å². The second-order valence-corrected chi connectivity index (χ2v) is 7.85. The van der Waals surface area contributed by atoms with E-state index in [1.165, 1.54) is 22.9 Å². The molecule has 1 amide bonds. The summed E-state index contributed by atoms with van der Waals surface area (Å²) in [6.45, 7) is 0.542. The van der Waals surface area contributed by atoms with Gasteiger partial charge in [0.15, 0.2) is 0 Å². The highest BCUT2D eigenvalue weighted by molar-refractivity contribution is 6.31. The first-order valence-corrected chi connectivity index (χ1v) is 10.9. The van der Waals surface area contributed by atoms with Crippen molar-refractivity contribution in [2.24, 2.45) is 0 Å². The van der Waals surface area contributed by atoms with Gasteiger partial charge in [-0.15, -0.1) is 0 Å². The molecule has 2 aromatic carbocycles. The molecule has 34 heavy (non-hydrogen) atoms. The molecule has 0 bridgehead atoms. The highest BCUT2D eigenvalue weighted by atomic mass is 35.5. The van der Waals surface area contributed by atoms with E-state index in [0.29, 0.717) is 22.2 Å². The Hall–Kier alpha value is -4.10. The fourth-order valence-electron chi connectivity index (χ4n) is 3.26. The quantitative estimate of drug-likeness (QED) is 0.400. The van der Waals surface area contributed by atoms with Crippen molar-refractivity contribution in [1.29, 1.82) is 0 Å². The predicted molar refractivity (Wildman–Crippen MR) is 130 cm³/mol. The third kappa shape index (κ3) is 5.82. The molecule has 0 saturated carbocycles. The Kier molecular flexibility index (Phi) is 7.25. The predicted octanol–water partition coefficient (Wildman–Crippen LogP) is 4.68. The summed E-state index contributed by atoms with van der Waals surface area (Å²) in [7, 11) is 1.60. The van der Waals surface area contributed by atoms with Crippen molar-refractivity contribution < 1.29 is 14.3 Å². The lowest BCUT2D eigenvalue weighted by Gasteiger charge is -2.11. The first-order valence-electron chi connectivity index (χ1n) is 10.5. The van der Waals surface area contributed by atoms with Crippen LogP contribution in [0.2, 0.25) is 5.02 Å². The zero-order chi connectivity index (χ0) is 23.9. The Balaban J connectivity index is 1.41. The molecule has 0 saturated heterocycles. The Morgan fingerprint density at radius 3 is 2.56 bits per heavy atom. The van der Waals surface area contributed by atoms with Crippen LogP contribution in [0.3, 0.4) is 0 Å². The Morgan fingerprint density at radius 2 is 1.79 bits per heavy atom. The molecule has 0 aliphatic carbocycles. The number of benzene rings is 2. The van der Waals surface area contributed by atoms with Gasteiger partial charge in [-0.05, 0) is 53.6 Å². The van der Waals surface area contributed by atoms with Gasteiger partial charge in [0.2, 0.25) is 5.88 Å². The van der Waals surface area contributed by atoms with Gasteiger partial charge in [0.25, 0.3) is 11.5 Å². The molecule has 1 N–H and O–H groups in total. The van der Waals surface area contributed by atoms with Crippen LogP contribution < -0.4 is 20.3 Å². The highest BCUT2D eigenvalue weighted by Gasteiger charge is 2.10. The lowest BCUT2D eigenvalue weighted by Crippen LogP contribution is -2.26. The van der Waals surface area contributed by atoms with Gasteiger partial charge in [-0.1, -0.05) is 29.8 Å². The number of nitrogens with zero attached hydrogens (tertiary/aromatic N) is 2. The summed E-state index contributed by atoms with van der Waals surface area (Å²) in [6.07, 6.45) is 3.15. The number of ether oxygens (including phenoxy) is 2. The fraction of sp³-hybridized carbons (Fsp3) is 0.115. The first kappa shape index (κ1) is 23.1. The van der Waals surface area contributed by atoms with E-state index in [1.807, 2.05) is 18.2 Å². The maximum absolute atomic E-state index is 12.7. The lowest BCUT2D eigenvalue weighted by molar-refractivity contribution is 0.0950. The van der Waals surface area contributed by atoms with Crippen molar-refractivity contribution in [2.45, 2.75) is 13.1 Å².